The minimum atomic E-state index is -0.665. The fourth-order valence-corrected chi connectivity index (χ4v) is 3.93. The van der Waals surface area contributed by atoms with Gasteiger partial charge in [-0.1, -0.05) is 18.2 Å². The summed E-state index contributed by atoms with van der Waals surface area (Å²) in [6.45, 7) is 11.2. The number of hydrogen-bond donors (Lipinski definition) is 1. The van der Waals surface area contributed by atoms with Gasteiger partial charge in [0, 0.05) is 18.5 Å². The average Bonchev–Trinajstić information content (AvgIpc) is 2.94. The van der Waals surface area contributed by atoms with Gasteiger partial charge in [-0.3, -0.25) is 4.90 Å². The highest BCUT2D eigenvalue weighted by atomic mass is 16.6. The van der Waals surface area contributed by atoms with Crippen molar-refractivity contribution in [2.24, 2.45) is 0 Å². The molecule has 1 aromatic heterocycles. The van der Waals surface area contributed by atoms with Crippen molar-refractivity contribution in [3.05, 3.63) is 35.5 Å². The fourth-order valence-electron chi connectivity index (χ4n) is 3.93. The third-order valence-corrected chi connectivity index (χ3v) is 4.92. The predicted molar refractivity (Wildman–Crippen MR) is 115 cm³/mol. The second kappa shape index (κ2) is 7.95. The van der Waals surface area contributed by atoms with Crippen LogP contribution < -0.4 is 0 Å². The highest BCUT2D eigenvalue weighted by Crippen LogP contribution is 2.39. The number of carbonyl (C=O) groups is 2. The van der Waals surface area contributed by atoms with Crippen LogP contribution in [0.15, 0.2) is 24.3 Å². The van der Waals surface area contributed by atoms with Crippen molar-refractivity contribution in [3.63, 3.8) is 0 Å². The second-order valence-electron chi connectivity index (χ2n) is 9.65. The van der Waals surface area contributed by atoms with E-state index in [2.05, 4.69) is 0 Å². The van der Waals surface area contributed by atoms with Gasteiger partial charge in [0.15, 0.2) is 0 Å². The summed E-state index contributed by atoms with van der Waals surface area (Å²) in [5.74, 6) is 0. The lowest BCUT2D eigenvalue weighted by atomic mass is 9.95. The molecule has 0 saturated carbocycles. The van der Waals surface area contributed by atoms with Gasteiger partial charge in [0.1, 0.15) is 11.2 Å². The summed E-state index contributed by atoms with van der Waals surface area (Å²) in [6.07, 6.45) is -0.0560. The molecule has 0 radical (unpaired) electrons. The molecular formula is C23H32N2O5. The number of nitrogens with zero attached hydrogens (tertiary/aromatic N) is 2. The Bertz CT molecular complexity index is 949. The van der Waals surface area contributed by atoms with E-state index < -0.39 is 29.4 Å². The first kappa shape index (κ1) is 22.2. The number of rotatable bonds is 2. The Kier molecular flexibility index (Phi) is 5.87. The number of aliphatic hydroxyl groups excluding tert-OH is 1. The maximum Gasteiger partial charge on any atom is 0.419 e. The van der Waals surface area contributed by atoms with Gasteiger partial charge in [0.25, 0.3) is 0 Å². The quantitative estimate of drug-likeness (QED) is 0.771. The SMILES string of the molecule is CC(C)(C)OC(=O)N1CCc2c(n(C(=O)OC(C)(C)C)c3ccccc23)C1CCO. The van der Waals surface area contributed by atoms with E-state index in [0.717, 1.165) is 16.5 Å². The molecule has 0 aliphatic carbocycles. The van der Waals surface area contributed by atoms with Gasteiger partial charge in [-0.25, -0.2) is 14.2 Å². The largest absolute Gasteiger partial charge is 0.444 e. The van der Waals surface area contributed by atoms with Crippen molar-refractivity contribution < 1.29 is 24.2 Å². The zero-order valence-electron chi connectivity index (χ0n) is 18.7. The Morgan fingerprint density at radius 3 is 2.23 bits per heavy atom. The maximum absolute atomic E-state index is 13.2. The van der Waals surface area contributed by atoms with Gasteiger partial charge in [0.05, 0.1) is 17.3 Å². The number of benzene rings is 1. The van der Waals surface area contributed by atoms with Crippen LogP contribution >= 0.6 is 0 Å². The monoisotopic (exact) mass is 416 g/mol. The molecule has 1 aromatic carbocycles. The summed E-state index contributed by atoms with van der Waals surface area (Å²) in [7, 11) is 0. The normalized spacial score (nSPS) is 17.0. The van der Waals surface area contributed by atoms with Gasteiger partial charge >= 0.3 is 12.2 Å². The van der Waals surface area contributed by atoms with E-state index >= 15 is 0 Å². The van der Waals surface area contributed by atoms with Crippen LogP contribution in [-0.2, 0) is 15.9 Å². The van der Waals surface area contributed by atoms with E-state index in [1.54, 1.807) is 9.47 Å². The Hall–Kier alpha value is -2.54. The second-order valence-corrected chi connectivity index (χ2v) is 9.65. The summed E-state index contributed by atoms with van der Waals surface area (Å²) >= 11 is 0. The molecule has 30 heavy (non-hydrogen) atoms. The fraction of sp³-hybridized carbons (Fsp3) is 0.565. The Labute approximate surface area is 177 Å². The van der Waals surface area contributed by atoms with Crippen molar-refractivity contribution in [2.45, 2.75) is 71.6 Å². The molecule has 1 amide bonds. The van der Waals surface area contributed by atoms with Gasteiger partial charge in [-0.2, -0.15) is 0 Å². The molecule has 2 heterocycles. The molecule has 1 unspecified atom stereocenters. The molecule has 1 N–H and O–H groups in total. The number of hydrogen-bond acceptors (Lipinski definition) is 5. The smallest absolute Gasteiger partial charge is 0.419 e. The zero-order chi connectivity index (χ0) is 22.3. The lowest BCUT2D eigenvalue weighted by molar-refractivity contribution is 0.00988. The molecule has 2 aromatic rings. The van der Waals surface area contributed by atoms with Crippen LogP contribution in [0.5, 0.6) is 0 Å². The first-order chi connectivity index (χ1) is 13.9. The summed E-state index contributed by atoms with van der Waals surface area (Å²) in [5, 5.41) is 10.7. The van der Waals surface area contributed by atoms with Gasteiger partial charge < -0.3 is 14.6 Å². The topological polar surface area (TPSA) is 81.0 Å². The Morgan fingerprint density at radius 1 is 1.03 bits per heavy atom. The number of amides is 1. The van der Waals surface area contributed by atoms with Gasteiger partial charge in [-0.15, -0.1) is 0 Å². The molecule has 1 aliphatic heterocycles. The van der Waals surface area contributed by atoms with Crippen LogP contribution in [0.25, 0.3) is 10.9 Å². The van der Waals surface area contributed by atoms with Crippen molar-refractivity contribution in [1.29, 1.82) is 0 Å². The van der Waals surface area contributed by atoms with Crippen molar-refractivity contribution in [2.75, 3.05) is 13.2 Å². The van der Waals surface area contributed by atoms with Crippen LogP contribution in [-0.4, -0.2) is 51.1 Å². The van der Waals surface area contributed by atoms with E-state index in [-0.39, 0.29) is 6.61 Å². The van der Waals surface area contributed by atoms with E-state index in [9.17, 15) is 14.7 Å². The number of para-hydroxylation sites is 1. The van der Waals surface area contributed by atoms with Crippen LogP contribution in [0.3, 0.4) is 0 Å². The third kappa shape index (κ3) is 4.46. The molecule has 1 atom stereocenters. The summed E-state index contributed by atoms with van der Waals surface area (Å²) in [4.78, 5) is 27.8. The number of fused-ring (bicyclic) bond motifs is 3. The van der Waals surface area contributed by atoms with E-state index in [0.29, 0.717) is 25.1 Å². The highest BCUT2D eigenvalue weighted by Gasteiger charge is 2.39. The summed E-state index contributed by atoms with van der Waals surface area (Å²) in [6, 6.07) is 7.18. The van der Waals surface area contributed by atoms with Gasteiger partial charge in [-0.05, 0) is 66.0 Å². The number of carbonyl (C=O) groups excluding carboxylic acids is 2. The van der Waals surface area contributed by atoms with Gasteiger partial charge in [0.2, 0.25) is 0 Å². The first-order valence-corrected chi connectivity index (χ1v) is 10.4. The molecule has 164 valence electrons. The Balaban J connectivity index is 2.16. The minimum absolute atomic E-state index is 0.126. The van der Waals surface area contributed by atoms with E-state index in [1.807, 2.05) is 65.8 Å². The molecule has 0 saturated heterocycles. The first-order valence-electron chi connectivity index (χ1n) is 10.4. The van der Waals surface area contributed by atoms with Crippen LogP contribution in [0, 0.1) is 0 Å². The van der Waals surface area contributed by atoms with Crippen LogP contribution in [0.2, 0.25) is 0 Å². The third-order valence-electron chi connectivity index (χ3n) is 4.92. The average molecular weight is 417 g/mol. The lowest BCUT2D eigenvalue weighted by Gasteiger charge is -2.37. The molecule has 7 nitrogen and oxygen atoms in total. The van der Waals surface area contributed by atoms with Crippen LogP contribution in [0.1, 0.15) is 65.3 Å². The lowest BCUT2D eigenvalue weighted by Crippen LogP contribution is -2.44. The maximum atomic E-state index is 13.2. The van der Waals surface area contributed by atoms with Crippen molar-refractivity contribution in [1.82, 2.24) is 9.47 Å². The number of aromatic nitrogens is 1. The standard InChI is InChI=1S/C23H32N2O5/c1-22(2,3)29-20(27)24-13-11-16-15-9-7-8-10-17(15)25(19(16)18(24)12-14-26)21(28)30-23(4,5)6/h7-10,18,26H,11-14H2,1-6H3. The highest BCUT2D eigenvalue weighted by molar-refractivity contribution is 5.94. The Morgan fingerprint density at radius 2 is 1.63 bits per heavy atom. The zero-order valence-corrected chi connectivity index (χ0v) is 18.7. The van der Waals surface area contributed by atoms with Crippen molar-refractivity contribution in [3.8, 4) is 0 Å². The number of aliphatic hydroxyl groups is 1. The molecule has 0 fully saturated rings. The minimum Gasteiger partial charge on any atom is -0.444 e. The molecule has 0 spiro atoms. The molecular weight excluding hydrogens is 384 g/mol. The molecule has 0 bridgehead atoms. The predicted octanol–water partition coefficient (Wildman–Crippen LogP) is 4.64. The summed E-state index contributed by atoms with van der Waals surface area (Å²) in [5.41, 5.74) is 1.14. The van der Waals surface area contributed by atoms with E-state index in [1.165, 1.54) is 0 Å². The molecule has 1 aliphatic rings. The molecule has 7 heteroatoms. The van der Waals surface area contributed by atoms with Crippen LogP contribution in [0.4, 0.5) is 9.59 Å². The number of ether oxygens (including phenoxy) is 2. The van der Waals surface area contributed by atoms with Crippen molar-refractivity contribution >= 4 is 23.1 Å². The van der Waals surface area contributed by atoms with E-state index in [4.69, 9.17) is 9.47 Å². The summed E-state index contributed by atoms with van der Waals surface area (Å²) < 4.78 is 12.9. The molecule has 3 rings (SSSR count).